The molecule has 0 bridgehead atoms. The molecule has 5 heteroatoms. The second kappa shape index (κ2) is 4.37. The first-order valence-electron chi connectivity index (χ1n) is 6.47. The van der Waals surface area contributed by atoms with Crippen LogP contribution in [0.25, 0.3) is 10.9 Å². The van der Waals surface area contributed by atoms with Crippen molar-refractivity contribution in [1.82, 2.24) is 4.98 Å². The fraction of sp³-hybridized carbons (Fsp3) is 0.333. The second-order valence-electron chi connectivity index (χ2n) is 5.36. The second-order valence-corrected chi connectivity index (χ2v) is 5.36. The number of benzene rings is 1. The van der Waals surface area contributed by atoms with Crippen LogP contribution in [0.3, 0.4) is 0 Å². The first kappa shape index (κ1) is 12.7. The van der Waals surface area contributed by atoms with Gasteiger partial charge in [-0.2, -0.15) is 0 Å². The van der Waals surface area contributed by atoms with Crippen LogP contribution in [-0.4, -0.2) is 22.7 Å². The van der Waals surface area contributed by atoms with Crippen LogP contribution in [-0.2, 0) is 25.5 Å². The SMILES string of the molecule is CC1(C)OC(=O)C(Cc2c[nH]c3ccccc23)C(=O)O1. The average Bonchev–Trinajstić information content (AvgIpc) is 2.76. The summed E-state index contributed by atoms with van der Waals surface area (Å²) in [5, 5.41) is 0.998. The third-order valence-corrected chi connectivity index (χ3v) is 3.36. The molecule has 0 amide bonds. The number of rotatable bonds is 2. The molecule has 0 radical (unpaired) electrons. The molecule has 20 heavy (non-hydrogen) atoms. The molecule has 1 N–H and O–H groups in total. The number of cyclic esters (lactones) is 2. The van der Waals surface area contributed by atoms with Crippen LogP contribution in [0.5, 0.6) is 0 Å². The first-order valence-corrected chi connectivity index (χ1v) is 6.47. The molecule has 0 aliphatic carbocycles. The summed E-state index contributed by atoms with van der Waals surface area (Å²) in [7, 11) is 0. The van der Waals surface area contributed by atoms with E-state index in [1.807, 2.05) is 30.5 Å². The molecule has 3 rings (SSSR count). The van der Waals surface area contributed by atoms with Crippen molar-refractivity contribution in [2.45, 2.75) is 26.1 Å². The van der Waals surface area contributed by atoms with Crippen molar-refractivity contribution < 1.29 is 19.1 Å². The highest BCUT2D eigenvalue weighted by Gasteiger charge is 2.43. The van der Waals surface area contributed by atoms with Crippen molar-refractivity contribution in [2.75, 3.05) is 0 Å². The van der Waals surface area contributed by atoms with Gasteiger partial charge < -0.3 is 14.5 Å². The molecular formula is C15H15NO4. The van der Waals surface area contributed by atoms with E-state index in [1.54, 1.807) is 13.8 Å². The topological polar surface area (TPSA) is 68.4 Å². The monoisotopic (exact) mass is 273 g/mol. The van der Waals surface area contributed by atoms with Gasteiger partial charge in [0, 0.05) is 30.9 Å². The molecule has 0 atom stereocenters. The zero-order valence-electron chi connectivity index (χ0n) is 11.3. The Balaban J connectivity index is 1.88. The van der Waals surface area contributed by atoms with E-state index in [1.165, 1.54) is 0 Å². The third-order valence-electron chi connectivity index (χ3n) is 3.36. The van der Waals surface area contributed by atoms with Gasteiger partial charge in [0.1, 0.15) is 0 Å². The summed E-state index contributed by atoms with van der Waals surface area (Å²) in [6.07, 6.45) is 2.09. The van der Waals surface area contributed by atoms with Gasteiger partial charge in [0.25, 0.3) is 5.79 Å². The number of hydrogen-bond acceptors (Lipinski definition) is 4. The molecule has 5 nitrogen and oxygen atoms in total. The van der Waals surface area contributed by atoms with Gasteiger partial charge in [0.2, 0.25) is 0 Å². The summed E-state index contributed by atoms with van der Waals surface area (Å²) in [4.78, 5) is 27.0. The van der Waals surface area contributed by atoms with E-state index < -0.39 is 23.6 Å². The molecule has 2 heterocycles. The standard InChI is InChI=1S/C15H15NO4/c1-15(2)19-13(17)11(14(18)20-15)7-9-8-16-12-6-4-3-5-10(9)12/h3-6,8,11,16H,7H2,1-2H3. The Morgan fingerprint density at radius 2 is 1.80 bits per heavy atom. The Kier molecular flexibility index (Phi) is 2.78. The highest BCUT2D eigenvalue weighted by atomic mass is 16.7. The number of aromatic nitrogens is 1. The first-order chi connectivity index (χ1) is 9.46. The van der Waals surface area contributed by atoms with Crippen LogP contribution >= 0.6 is 0 Å². The zero-order valence-corrected chi connectivity index (χ0v) is 11.3. The minimum Gasteiger partial charge on any atom is -0.422 e. The molecule has 1 aliphatic heterocycles. The predicted molar refractivity (Wildman–Crippen MR) is 71.8 cm³/mol. The molecule has 1 fully saturated rings. The number of fused-ring (bicyclic) bond motifs is 1. The maximum Gasteiger partial charge on any atom is 0.323 e. The summed E-state index contributed by atoms with van der Waals surface area (Å²) < 4.78 is 10.3. The van der Waals surface area contributed by atoms with Gasteiger partial charge in [0.05, 0.1) is 0 Å². The van der Waals surface area contributed by atoms with Crippen LogP contribution in [0.2, 0.25) is 0 Å². The molecule has 1 saturated heterocycles. The minimum absolute atomic E-state index is 0.276. The van der Waals surface area contributed by atoms with Crippen molar-refractivity contribution in [3.63, 3.8) is 0 Å². The summed E-state index contributed by atoms with van der Waals surface area (Å²) in [6.45, 7) is 3.09. The van der Waals surface area contributed by atoms with Crippen LogP contribution in [0.1, 0.15) is 19.4 Å². The quantitative estimate of drug-likeness (QED) is 0.672. The van der Waals surface area contributed by atoms with Crippen molar-refractivity contribution in [2.24, 2.45) is 5.92 Å². The average molecular weight is 273 g/mol. The third kappa shape index (κ3) is 2.15. The molecule has 104 valence electrons. The number of H-pyrrole nitrogens is 1. The van der Waals surface area contributed by atoms with Gasteiger partial charge >= 0.3 is 11.9 Å². The van der Waals surface area contributed by atoms with E-state index in [9.17, 15) is 9.59 Å². The summed E-state index contributed by atoms with van der Waals surface area (Å²) >= 11 is 0. The van der Waals surface area contributed by atoms with Gasteiger partial charge in [0.15, 0.2) is 5.92 Å². The summed E-state index contributed by atoms with van der Waals surface area (Å²) in [5.41, 5.74) is 1.87. The van der Waals surface area contributed by atoms with E-state index in [0.717, 1.165) is 16.5 Å². The van der Waals surface area contributed by atoms with Crippen molar-refractivity contribution in [3.05, 3.63) is 36.0 Å². The van der Waals surface area contributed by atoms with E-state index in [0.29, 0.717) is 0 Å². The molecule has 1 aromatic carbocycles. The van der Waals surface area contributed by atoms with Crippen molar-refractivity contribution >= 4 is 22.8 Å². The highest BCUT2D eigenvalue weighted by molar-refractivity contribution is 5.97. The van der Waals surface area contributed by atoms with Crippen LogP contribution < -0.4 is 0 Å². The molecule has 0 spiro atoms. The van der Waals surface area contributed by atoms with Gasteiger partial charge in [-0.05, 0) is 18.1 Å². The van der Waals surface area contributed by atoms with Crippen LogP contribution in [0, 0.1) is 5.92 Å². The smallest absolute Gasteiger partial charge is 0.323 e. The predicted octanol–water partition coefficient (Wildman–Crippen LogP) is 2.16. The lowest BCUT2D eigenvalue weighted by Crippen LogP contribution is -2.46. The van der Waals surface area contributed by atoms with E-state index in [2.05, 4.69) is 4.98 Å². The fourth-order valence-corrected chi connectivity index (χ4v) is 2.43. The Bertz CT molecular complexity index is 666. The lowest BCUT2D eigenvalue weighted by molar-refractivity contribution is -0.239. The number of para-hydroxylation sites is 1. The number of carbonyl (C=O) groups excluding carboxylic acids is 2. The number of ether oxygens (including phenoxy) is 2. The van der Waals surface area contributed by atoms with Gasteiger partial charge in [-0.1, -0.05) is 18.2 Å². The Morgan fingerprint density at radius 3 is 2.50 bits per heavy atom. The number of aromatic amines is 1. The number of nitrogens with one attached hydrogen (secondary N) is 1. The van der Waals surface area contributed by atoms with Crippen molar-refractivity contribution in [3.8, 4) is 0 Å². The fourth-order valence-electron chi connectivity index (χ4n) is 2.43. The molecule has 2 aromatic rings. The Hall–Kier alpha value is -2.30. The van der Waals surface area contributed by atoms with Gasteiger partial charge in [-0.15, -0.1) is 0 Å². The number of esters is 2. The van der Waals surface area contributed by atoms with E-state index >= 15 is 0 Å². The molecular weight excluding hydrogens is 258 g/mol. The van der Waals surface area contributed by atoms with Crippen molar-refractivity contribution in [1.29, 1.82) is 0 Å². The lowest BCUT2D eigenvalue weighted by atomic mass is 9.98. The Morgan fingerprint density at radius 1 is 1.15 bits per heavy atom. The van der Waals surface area contributed by atoms with Gasteiger partial charge in [-0.25, -0.2) is 0 Å². The van der Waals surface area contributed by atoms with E-state index in [-0.39, 0.29) is 6.42 Å². The number of hydrogen-bond donors (Lipinski definition) is 1. The summed E-state index contributed by atoms with van der Waals surface area (Å²) in [5.74, 6) is -3.14. The summed E-state index contributed by atoms with van der Waals surface area (Å²) in [6, 6.07) is 7.73. The molecule has 0 unspecified atom stereocenters. The lowest BCUT2D eigenvalue weighted by Gasteiger charge is -2.32. The van der Waals surface area contributed by atoms with E-state index in [4.69, 9.17) is 9.47 Å². The van der Waals surface area contributed by atoms with Crippen LogP contribution in [0.15, 0.2) is 30.5 Å². The van der Waals surface area contributed by atoms with Gasteiger partial charge in [-0.3, -0.25) is 9.59 Å². The largest absolute Gasteiger partial charge is 0.422 e. The molecule has 0 saturated carbocycles. The maximum absolute atomic E-state index is 11.9. The minimum atomic E-state index is -1.18. The Labute approximate surface area is 115 Å². The maximum atomic E-state index is 11.9. The van der Waals surface area contributed by atoms with Crippen LogP contribution in [0.4, 0.5) is 0 Å². The molecule has 1 aromatic heterocycles. The molecule has 1 aliphatic rings. The number of carbonyl (C=O) groups is 2. The normalized spacial score (nSPS) is 18.9. The zero-order chi connectivity index (χ0) is 14.3. The highest BCUT2D eigenvalue weighted by Crippen LogP contribution is 2.27.